The summed E-state index contributed by atoms with van der Waals surface area (Å²) in [4.78, 5) is 35.3. The predicted octanol–water partition coefficient (Wildman–Crippen LogP) is 2.45. The Labute approximate surface area is 196 Å². The van der Waals surface area contributed by atoms with Crippen LogP contribution in [0.1, 0.15) is 44.9 Å². The molecular weight excluding hydrogens is 434 g/mol. The van der Waals surface area contributed by atoms with Gasteiger partial charge in [0.05, 0.1) is 13.7 Å². The first kappa shape index (κ1) is 26.4. The number of hydrogen-bond acceptors (Lipinski definition) is 6. The van der Waals surface area contributed by atoms with Crippen molar-refractivity contribution >= 4 is 29.9 Å². The lowest BCUT2D eigenvalue weighted by Gasteiger charge is -2.37. The molecule has 0 radical (unpaired) electrons. The zero-order valence-corrected chi connectivity index (χ0v) is 19.7. The Bertz CT molecular complexity index is 744. The summed E-state index contributed by atoms with van der Waals surface area (Å²) >= 11 is 0. The molecule has 2 amide bonds. The third-order valence-electron chi connectivity index (χ3n) is 6.80. The van der Waals surface area contributed by atoms with Crippen molar-refractivity contribution in [1.29, 1.82) is 0 Å². The fraction of sp³-hybridized carbons (Fsp3) is 0.652. The number of nitrogens with zero attached hydrogens (tertiary/aromatic N) is 3. The number of amides is 2. The van der Waals surface area contributed by atoms with E-state index in [0.29, 0.717) is 19.4 Å². The van der Waals surface area contributed by atoms with Gasteiger partial charge < -0.3 is 15.1 Å². The largest absolute Gasteiger partial charge is 0.497 e. The van der Waals surface area contributed by atoms with Crippen LogP contribution in [0.4, 0.5) is 5.69 Å². The maximum Gasteiger partial charge on any atom is 0.254 e. The quantitative estimate of drug-likeness (QED) is 0.449. The normalized spacial score (nSPS) is 20.8. The number of imide groups is 1. The highest BCUT2D eigenvalue weighted by Crippen LogP contribution is 2.46. The molecule has 2 heterocycles. The molecule has 32 heavy (non-hydrogen) atoms. The second-order valence-electron chi connectivity index (χ2n) is 8.86. The van der Waals surface area contributed by atoms with Gasteiger partial charge in [0.1, 0.15) is 5.75 Å². The predicted molar refractivity (Wildman–Crippen MR) is 125 cm³/mol. The highest BCUT2D eigenvalue weighted by molar-refractivity contribution is 5.97. The number of methoxy groups -OCH3 is 1. The zero-order chi connectivity index (χ0) is 21.0. The van der Waals surface area contributed by atoms with Gasteiger partial charge in [-0.3, -0.25) is 19.3 Å². The highest BCUT2D eigenvalue weighted by atomic mass is 35.5. The van der Waals surface area contributed by atoms with E-state index in [-0.39, 0.29) is 35.1 Å². The second-order valence-corrected chi connectivity index (χ2v) is 8.86. The van der Waals surface area contributed by atoms with Crippen molar-refractivity contribution in [2.75, 3.05) is 51.3 Å². The molecule has 3 aliphatic rings. The van der Waals surface area contributed by atoms with E-state index in [1.54, 1.807) is 7.11 Å². The first-order valence-electron chi connectivity index (χ1n) is 11.2. The van der Waals surface area contributed by atoms with Crippen LogP contribution in [0.5, 0.6) is 5.75 Å². The number of piperazine rings is 1. The number of carbonyl (C=O) groups is 2. The van der Waals surface area contributed by atoms with Gasteiger partial charge in [0, 0.05) is 57.3 Å². The number of carbonyl (C=O) groups excluding carboxylic acids is 2. The lowest BCUT2D eigenvalue weighted by atomic mass is 9.77. The third kappa shape index (κ3) is 6.13. The minimum absolute atomic E-state index is 0. The molecule has 9 heteroatoms. The molecule has 0 bridgehead atoms. The smallest absolute Gasteiger partial charge is 0.254 e. The van der Waals surface area contributed by atoms with Crippen LogP contribution in [-0.2, 0) is 14.4 Å². The fourth-order valence-electron chi connectivity index (χ4n) is 5.09. The molecular formula is C23H36ClN3O5. The molecule has 1 saturated carbocycles. The number of benzene rings is 1. The Kier molecular flexibility index (Phi) is 9.76. The van der Waals surface area contributed by atoms with Crippen molar-refractivity contribution in [2.24, 2.45) is 5.41 Å². The number of rotatable bonds is 7. The summed E-state index contributed by atoms with van der Waals surface area (Å²) in [6.07, 6.45) is 6.00. The maximum atomic E-state index is 12.4. The van der Waals surface area contributed by atoms with Crippen LogP contribution in [0.25, 0.3) is 0 Å². The summed E-state index contributed by atoms with van der Waals surface area (Å²) < 4.78 is 5.32. The van der Waals surface area contributed by atoms with Crippen LogP contribution in [-0.4, -0.2) is 73.7 Å². The standard InChI is InChI=1S/C23H33N3O4.ClH.H2O/c1-29-20-7-4-6-19(16-20)25-13-11-24(12-14-25)10-5-15-30-26-21(27)17-23(18-22(26)28)8-2-3-9-23;;/h4,6-7,16H,2-3,5,8-15,17-18H2,1H3;1H;1H2. The Morgan fingerprint density at radius 1 is 1.00 bits per heavy atom. The van der Waals surface area contributed by atoms with Gasteiger partial charge in [-0.2, -0.15) is 5.06 Å². The Hall–Kier alpha value is -1.87. The number of halogens is 1. The van der Waals surface area contributed by atoms with E-state index >= 15 is 0 Å². The van der Waals surface area contributed by atoms with Crippen LogP contribution >= 0.6 is 12.4 Å². The summed E-state index contributed by atoms with van der Waals surface area (Å²) in [7, 11) is 1.69. The van der Waals surface area contributed by atoms with E-state index in [4.69, 9.17) is 9.57 Å². The van der Waals surface area contributed by atoms with E-state index < -0.39 is 0 Å². The molecule has 1 aromatic carbocycles. The molecule has 0 atom stereocenters. The molecule has 2 N–H and O–H groups in total. The summed E-state index contributed by atoms with van der Waals surface area (Å²) in [5.74, 6) is 0.577. The van der Waals surface area contributed by atoms with Gasteiger partial charge in [-0.25, -0.2) is 0 Å². The van der Waals surface area contributed by atoms with Gasteiger partial charge in [0.15, 0.2) is 0 Å². The summed E-state index contributed by atoms with van der Waals surface area (Å²) in [5, 5.41) is 1.05. The maximum absolute atomic E-state index is 12.4. The molecule has 180 valence electrons. The van der Waals surface area contributed by atoms with Gasteiger partial charge >= 0.3 is 0 Å². The van der Waals surface area contributed by atoms with Crippen molar-refractivity contribution in [1.82, 2.24) is 9.96 Å². The lowest BCUT2D eigenvalue weighted by Crippen LogP contribution is -2.48. The van der Waals surface area contributed by atoms with Crippen LogP contribution in [0.2, 0.25) is 0 Å². The van der Waals surface area contributed by atoms with E-state index in [9.17, 15) is 9.59 Å². The van der Waals surface area contributed by atoms with Crippen LogP contribution < -0.4 is 9.64 Å². The number of hydroxylamine groups is 2. The van der Waals surface area contributed by atoms with Gasteiger partial charge in [-0.1, -0.05) is 18.9 Å². The molecule has 8 nitrogen and oxygen atoms in total. The number of piperidine rings is 1. The first-order chi connectivity index (χ1) is 14.6. The molecule has 0 unspecified atom stereocenters. The van der Waals surface area contributed by atoms with E-state index in [2.05, 4.69) is 21.9 Å². The van der Waals surface area contributed by atoms with Gasteiger partial charge in [0.2, 0.25) is 0 Å². The van der Waals surface area contributed by atoms with E-state index in [1.807, 2.05) is 12.1 Å². The Balaban J connectivity index is 0.00000181. The van der Waals surface area contributed by atoms with Crippen molar-refractivity contribution in [3.63, 3.8) is 0 Å². The topological polar surface area (TPSA) is 93.8 Å². The number of anilines is 1. The minimum Gasteiger partial charge on any atom is -0.497 e. The number of hydrogen-bond donors (Lipinski definition) is 0. The SMILES string of the molecule is COc1cccc(N2CCN(CCCON3C(=O)CC4(CCCC4)CC3=O)CC2)c1.Cl.O. The molecule has 1 aliphatic carbocycles. The minimum atomic E-state index is -0.153. The Morgan fingerprint density at radius 3 is 2.28 bits per heavy atom. The molecule has 3 fully saturated rings. The summed E-state index contributed by atoms with van der Waals surface area (Å²) in [6.45, 7) is 5.23. The van der Waals surface area contributed by atoms with Crippen molar-refractivity contribution in [3.05, 3.63) is 24.3 Å². The summed E-state index contributed by atoms with van der Waals surface area (Å²) in [6, 6.07) is 8.18. The molecule has 2 aliphatic heterocycles. The van der Waals surface area contributed by atoms with Crippen molar-refractivity contribution in [3.8, 4) is 5.75 Å². The average molecular weight is 470 g/mol. The first-order valence-corrected chi connectivity index (χ1v) is 11.2. The average Bonchev–Trinajstić information content (AvgIpc) is 3.20. The third-order valence-corrected chi connectivity index (χ3v) is 6.80. The highest BCUT2D eigenvalue weighted by Gasteiger charge is 2.45. The number of ether oxygens (including phenoxy) is 1. The lowest BCUT2D eigenvalue weighted by molar-refractivity contribution is -0.205. The molecule has 1 spiro atoms. The van der Waals surface area contributed by atoms with Gasteiger partial charge in [-0.05, 0) is 36.8 Å². The second kappa shape index (κ2) is 11.8. The van der Waals surface area contributed by atoms with Crippen molar-refractivity contribution < 1.29 is 24.6 Å². The van der Waals surface area contributed by atoms with E-state index in [0.717, 1.165) is 75.6 Å². The molecule has 0 aromatic heterocycles. The van der Waals surface area contributed by atoms with Gasteiger partial charge in [-0.15, -0.1) is 12.4 Å². The van der Waals surface area contributed by atoms with E-state index in [1.165, 1.54) is 5.69 Å². The zero-order valence-electron chi connectivity index (χ0n) is 18.9. The van der Waals surface area contributed by atoms with Crippen LogP contribution in [0.3, 0.4) is 0 Å². The molecule has 2 saturated heterocycles. The fourth-order valence-corrected chi connectivity index (χ4v) is 5.09. The van der Waals surface area contributed by atoms with Gasteiger partial charge in [0.25, 0.3) is 11.8 Å². The Morgan fingerprint density at radius 2 is 1.66 bits per heavy atom. The monoisotopic (exact) mass is 469 g/mol. The molecule has 4 rings (SSSR count). The molecule has 1 aromatic rings. The van der Waals surface area contributed by atoms with Crippen LogP contribution in [0, 0.1) is 5.41 Å². The van der Waals surface area contributed by atoms with Crippen molar-refractivity contribution in [2.45, 2.75) is 44.9 Å². The summed E-state index contributed by atoms with van der Waals surface area (Å²) in [5.41, 5.74) is 1.12. The van der Waals surface area contributed by atoms with Crippen LogP contribution in [0.15, 0.2) is 24.3 Å².